The molecule has 0 unspecified atom stereocenters. The van der Waals surface area contributed by atoms with Crippen molar-refractivity contribution in [1.29, 1.82) is 0 Å². The minimum Gasteiger partial charge on any atom is -0.492 e. The van der Waals surface area contributed by atoms with E-state index in [-0.39, 0.29) is 5.82 Å². The molecule has 0 atom stereocenters. The lowest BCUT2D eigenvalue weighted by Crippen LogP contribution is -2.02. The number of hydrogen-bond acceptors (Lipinski definition) is 2. The van der Waals surface area contributed by atoms with Gasteiger partial charge < -0.3 is 4.74 Å². The van der Waals surface area contributed by atoms with Crippen molar-refractivity contribution in [3.8, 4) is 5.75 Å². The van der Waals surface area contributed by atoms with Crippen LogP contribution in [0.5, 0.6) is 5.75 Å². The van der Waals surface area contributed by atoms with E-state index >= 15 is 0 Å². The lowest BCUT2D eigenvalue weighted by atomic mass is 10.1. The van der Waals surface area contributed by atoms with Crippen LogP contribution < -0.4 is 4.74 Å². The first-order valence-corrected chi connectivity index (χ1v) is 8.02. The number of ether oxygens (including phenoxy) is 1. The zero-order valence-corrected chi connectivity index (χ0v) is 13.3. The molecule has 0 amide bonds. The highest BCUT2D eigenvalue weighted by atomic mass is 19.1. The van der Waals surface area contributed by atoms with E-state index in [0.29, 0.717) is 23.3 Å². The van der Waals surface area contributed by atoms with Crippen molar-refractivity contribution < 1.29 is 9.13 Å². The highest BCUT2D eigenvalue weighted by Gasteiger charge is 2.06. The van der Waals surface area contributed by atoms with Gasteiger partial charge in [-0.3, -0.25) is 4.98 Å². The Labute approximate surface area is 135 Å². The van der Waals surface area contributed by atoms with E-state index in [1.54, 1.807) is 18.3 Å². The maximum atomic E-state index is 13.7. The third-order valence-corrected chi connectivity index (χ3v) is 3.89. The average molecular weight is 309 g/mol. The van der Waals surface area contributed by atoms with Crippen LogP contribution in [0.15, 0.2) is 54.7 Å². The molecule has 118 valence electrons. The number of halogens is 1. The molecule has 0 fully saturated rings. The van der Waals surface area contributed by atoms with Crippen molar-refractivity contribution in [2.45, 2.75) is 26.2 Å². The summed E-state index contributed by atoms with van der Waals surface area (Å²) in [6.07, 6.45) is 4.69. The topological polar surface area (TPSA) is 22.1 Å². The molecule has 2 aromatic carbocycles. The number of aryl methyl sites for hydroxylation is 1. The Bertz CT molecular complexity index is 783. The summed E-state index contributed by atoms with van der Waals surface area (Å²) in [6.45, 7) is 2.74. The van der Waals surface area contributed by atoms with Gasteiger partial charge in [0.25, 0.3) is 0 Å². The fraction of sp³-hybridized carbons (Fsp3) is 0.250. The lowest BCUT2D eigenvalue weighted by Gasteiger charge is -2.09. The zero-order valence-electron chi connectivity index (χ0n) is 13.3. The molecule has 23 heavy (non-hydrogen) atoms. The Morgan fingerprint density at radius 3 is 2.43 bits per heavy atom. The fourth-order valence-electron chi connectivity index (χ4n) is 2.68. The van der Waals surface area contributed by atoms with E-state index in [0.717, 1.165) is 19.3 Å². The first-order chi connectivity index (χ1) is 11.3. The summed E-state index contributed by atoms with van der Waals surface area (Å²) in [4.78, 5) is 4.08. The Balaban J connectivity index is 1.66. The van der Waals surface area contributed by atoms with Crippen molar-refractivity contribution in [3.05, 3.63) is 71.7 Å². The van der Waals surface area contributed by atoms with Crippen LogP contribution in [-0.4, -0.2) is 11.6 Å². The molecule has 3 heteroatoms. The minimum absolute atomic E-state index is 0.320. The third-order valence-electron chi connectivity index (χ3n) is 3.89. The zero-order chi connectivity index (χ0) is 16.1. The van der Waals surface area contributed by atoms with Gasteiger partial charge in [0.05, 0.1) is 6.61 Å². The lowest BCUT2D eigenvalue weighted by molar-refractivity contribution is 0.325. The van der Waals surface area contributed by atoms with Gasteiger partial charge in [-0.15, -0.1) is 0 Å². The van der Waals surface area contributed by atoms with Gasteiger partial charge in [0.2, 0.25) is 0 Å². The molecular formula is C20H20FNO. The Hall–Kier alpha value is -2.42. The second-order valence-corrected chi connectivity index (χ2v) is 5.61. The Morgan fingerprint density at radius 2 is 1.70 bits per heavy atom. The molecule has 1 heterocycles. The Kier molecular flexibility index (Phi) is 4.86. The number of fused-ring (bicyclic) bond motifs is 1. The van der Waals surface area contributed by atoms with Crippen LogP contribution in [0.1, 0.15) is 24.5 Å². The van der Waals surface area contributed by atoms with Crippen molar-refractivity contribution in [2.24, 2.45) is 0 Å². The van der Waals surface area contributed by atoms with Gasteiger partial charge in [-0.1, -0.05) is 43.7 Å². The third kappa shape index (κ3) is 3.67. The normalized spacial score (nSPS) is 10.9. The standard InChI is InChI=1S/C20H20FNO/c1-2-4-15-7-9-16(10-8-15)12-14-23-19-11-13-22-20-17(19)5-3-6-18(20)21/h3,5-11,13H,2,4,12,14H2,1H3. The molecule has 2 nitrogen and oxygen atoms in total. The van der Waals surface area contributed by atoms with E-state index in [1.165, 1.54) is 17.2 Å². The SMILES string of the molecule is CCCc1ccc(CCOc2ccnc3c(F)cccc23)cc1. The van der Waals surface area contributed by atoms with Gasteiger partial charge in [0, 0.05) is 18.0 Å². The maximum Gasteiger partial charge on any atom is 0.149 e. The van der Waals surface area contributed by atoms with E-state index in [2.05, 4.69) is 36.2 Å². The molecule has 0 saturated carbocycles. The van der Waals surface area contributed by atoms with Gasteiger partial charge >= 0.3 is 0 Å². The number of nitrogens with zero attached hydrogens (tertiary/aromatic N) is 1. The predicted molar refractivity (Wildman–Crippen MR) is 91.3 cm³/mol. The monoisotopic (exact) mass is 309 g/mol. The molecule has 3 aromatic rings. The largest absolute Gasteiger partial charge is 0.492 e. The van der Waals surface area contributed by atoms with Crippen LogP contribution in [0.3, 0.4) is 0 Å². The summed E-state index contributed by atoms with van der Waals surface area (Å²) in [5.74, 6) is 0.358. The fourth-order valence-corrected chi connectivity index (χ4v) is 2.68. The van der Waals surface area contributed by atoms with Crippen LogP contribution in [-0.2, 0) is 12.8 Å². The molecule has 3 rings (SSSR count). The van der Waals surface area contributed by atoms with Crippen molar-refractivity contribution >= 4 is 10.9 Å². The highest BCUT2D eigenvalue weighted by Crippen LogP contribution is 2.25. The van der Waals surface area contributed by atoms with Gasteiger partial charge in [0.15, 0.2) is 0 Å². The molecule has 0 N–H and O–H groups in total. The van der Waals surface area contributed by atoms with Crippen LogP contribution in [0, 0.1) is 5.82 Å². The second-order valence-electron chi connectivity index (χ2n) is 5.61. The molecule has 0 aliphatic rings. The minimum atomic E-state index is -0.320. The van der Waals surface area contributed by atoms with Crippen molar-refractivity contribution in [1.82, 2.24) is 4.98 Å². The van der Waals surface area contributed by atoms with E-state index in [9.17, 15) is 4.39 Å². The quantitative estimate of drug-likeness (QED) is 0.643. The smallest absolute Gasteiger partial charge is 0.149 e. The summed E-state index contributed by atoms with van der Waals surface area (Å²) >= 11 is 0. The van der Waals surface area contributed by atoms with E-state index in [1.807, 2.05) is 6.07 Å². The molecular weight excluding hydrogens is 289 g/mol. The first kappa shape index (κ1) is 15.5. The number of hydrogen-bond donors (Lipinski definition) is 0. The summed E-state index contributed by atoms with van der Waals surface area (Å²) < 4.78 is 19.6. The number of rotatable bonds is 6. The number of aromatic nitrogens is 1. The van der Waals surface area contributed by atoms with Crippen LogP contribution >= 0.6 is 0 Å². The summed E-state index contributed by atoms with van der Waals surface area (Å²) in [5, 5.41) is 0.714. The number of benzene rings is 2. The van der Waals surface area contributed by atoms with Gasteiger partial charge in [-0.2, -0.15) is 0 Å². The number of pyridine rings is 1. The molecule has 1 aromatic heterocycles. The van der Waals surface area contributed by atoms with Crippen molar-refractivity contribution in [3.63, 3.8) is 0 Å². The second kappa shape index (κ2) is 7.23. The van der Waals surface area contributed by atoms with Crippen LogP contribution in [0.4, 0.5) is 4.39 Å². The highest BCUT2D eigenvalue weighted by molar-refractivity contribution is 5.85. The molecule has 0 saturated heterocycles. The maximum absolute atomic E-state index is 13.7. The number of para-hydroxylation sites is 1. The van der Waals surface area contributed by atoms with Crippen molar-refractivity contribution in [2.75, 3.05) is 6.61 Å². The molecule has 0 bridgehead atoms. The molecule has 0 spiro atoms. The summed E-state index contributed by atoms with van der Waals surface area (Å²) in [7, 11) is 0. The van der Waals surface area contributed by atoms with Crippen LogP contribution in [0.2, 0.25) is 0 Å². The summed E-state index contributed by atoms with van der Waals surface area (Å²) in [6, 6.07) is 15.4. The predicted octanol–water partition coefficient (Wildman–Crippen LogP) is 4.95. The van der Waals surface area contributed by atoms with E-state index in [4.69, 9.17) is 4.74 Å². The van der Waals surface area contributed by atoms with Gasteiger partial charge in [0.1, 0.15) is 17.1 Å². The average Bonchev–Trinajstić information content (AvgIpc) is 2.58. The molecule has 0 aliphatic heterocycles. The Morgan fingerprint density at radius 1 is 0.957 bits per heavy atom. The van der Waals surface area contributed by atoms with Gasteiger partial charge in [-0.25, -0.2) is 4.39 Å². The molecule has 0 radical (unpaired) electrons. The van der Waals surface area contributed by atoms with Gasteiger partial charge in [-0.05, 0) is 35.7 Å². The molecule has 0 aliphatic carbocycles. The van der Waals surface area contributed by atoms with E-state index < -0.39 is 0 Å². The summed E-state index contributed by atoms with van der Waals surface area (Å²) in [5.41, 5.74) is 2.97. The van der Waals surface area contributed by atoms with Crippen LogP contribution in [0.25, 0.3) is 10.9 Å². The first-order valence-electron chi connectivity index (χ1n) is 8.02.